The van der Waals surface area contributed by atoms with Crippen molar-refractivity contribution in [3.63, 3.8) is 0 Å². The number of rotatable bonds is 6. The van der Waals surface area contributed by atoms with E-state index in [1.807, 2.05) is 0 Å². The van der Waals surface area contributed by atoms with Gasteiger partial charge < -0.3 is 15.4 Å². The first-order valence-electron chi connectivity index (χ1n) is 6.38. The Morgan fingerprint density at radius 2 is 1.91 bits per heavy atom. The molecule has 2 aromatic rings. The van der Waals surface area contributed by atoms with Gasteiger partial charge in [-0.3, -0.25) is 4.79 Å². The Labute approximate surface area is 124 Å². The van der Waals surface area contributed by atoms with Crippen LogP contribution in [0.2, 0.25) is 0 Å². The summed E-state index contributed by atoms with van der Waals surface area (Å²) in [6.07, 6.45) is 0. The molecule has 0 radical (unpaired) electrons. The van der Waals surface area contributed by atoms with Gasteiger partial charge in [-0.05, 0) is 30.3 Å². The maximum Gasteiger partial charge on any atom is 0.387 e. The number of hydrogen-bond donors (Lipinski definition) is 2. The van der Waals surface area contributed by atoms with E-state index >= 15 is 0 Å². The summed E-state index contributed by atoms with van der Waals surface area (Å²) in [5.41, 5.74) is 0.570. The molecule has 0 atom stereocenters. The summed E-state index contributed by atoms with van der Waals surface area (Å²) >= 11 is 0. The quantitative estimate of drug-likeness (QED) is 0.859. The maximum atomic E-state index is 13.0. The maximum absolute atomic E-state index is 13.0. The van der Waals surface area contributed by atoms with Gasteiger partial charge in [-0.25, -0.2) is 4.39 Å². The Morgan fingerprint density at radius 1 is 1.14 bits per heavy atom. The molecule has 22 heavy (non-hydrogen) atoms. The highest BCUT2D eigenvalue weighted by Crippen LogP contribution is 2.25. The lowest BCUT2D eigenvalue weighted by Gasteiger charge is -2.12. The van der Waals surface area contributed by atoms with Crippen LogP contribution < -0.4 is 15.4 Å². The van der Waals surface area contributed by atoms with Gasteiger partial charge in [-0.15, -0.1) is 0 Å². The first-order chi connectivity index (χ1) is 10.5. The number of carbonyl (C=O) groups is 1. The van der Waals surface area contributed by atoms with Gasteiger partial charge in [0.2, 0.25) is 5.91 Å². The van der Waals surface area contributed by atoms with E-state index in [4.69, 9.17) is 0 Å². The topological polar surface area (TPSA) is 50.4 Å². The number of anilines is 2. The predicted octanol–water partition coefficient (Wildman–Crippen LogP) is 3.48. The van der Waals surface area contributed by atoms with E-state index in [-0.39, 0.29) is 18.0 Å². The summed E-state index contributed by atoms with van der Waals surface area (Å²) in [7, 11) is 0. The van der Waals surface area contributed by atoms with Gasteiger partial charge in [0.05, 0.1) is 12.2 Å². The zero-order chi connectivity index (χ0) is 15.9. The second-order valence-electron chi connectivity index (χ2n) is 4.29. The van der Waals surface area contributed by atoms with Crippen molar-refractivity contribution >= 4 is 17.3 Å². The van der Waals surface area contributed by atoms with Crippen molar-refractivity contribution in [2.45, 2.75) is 6.61 Å². The van der Waals surface area contributed by atoms with E-state index in [0.717, 1.165) is 0 Å². The molecular weight excluding hydrogens is 297 g/mol. The minimum atomic E-state index is -2.95. The van der Waals surface area contributed by atoms with Crippen molar-refractivity contribution < 1.29 is 22.7 Å². The first kappa shape index (κ1) is 15.7. The number of hydrogen-bond acceptors (Lipinski definition) is 3. The van der Waals surface area contributed by atoms with Gasteiger partial charge >= 0.3 is 6.61 Å². The van der Waals surface area contributed by atoms with Gasteiger partial charge in [0, 0.05) is 5.69 Å². The number of nitrogens with one attached hydrogen (secondary N) is 2. The number of carbonyl (C=O) groups excluding carboxylic acids is 1. The van der Waals surface area contributed by atoms with Crippen molar-refractivity contribution in [2.75, 3.05) is 17.2 Å². The minimum absolute atomic E-state index is 0.0592. The molecule has 0 spiro atoms. The summed E-state index contributed by atoms with van der Waals surface area (Å²) in [4.78, 5) is 11.7. The van der Waals surface area contributed by atoms with Crippen molar-refractivity contribution in [3.05, 3.63) is 54.3 Å². The van der Waals surface area contributed by atoms with Crippen molar-refractivity contribution in [3.8, 4) is 5.75 Å². The van der Waals surface area contributed by atoms with E-state index in [1.165, 1.54) is 42.5 Å². The minimum Gasteiger partial charge on any atom is -0.433 e. The standard InChI is InChI=1S/C15H13F3N2O2/c16-10-4-3-5-11(8-10)20-14(21)9-19-12-6-1-2-7-13(12)22-15(17)18/h1-8,15,19H,9H2,(H,20,21). The number of halogens is 3. The second-order valence-corrected chi connectivity index (χ2v) is 4.29. The van der Waals surface area contributed by atoms with Crippen LogP contribution in [0.5, 0.6) is 5.75 Å². The fraction of sp³-hybridized carbons (Fsp3) is 0.133. The fourth-order valence-electron chi connectivity index (χ4n) is 1.76. The lowest BCUT2D eigenvalue weighted by Crippen LogP contribution is -2.22. The average molecular weight is 310 g/mol. The highest BCUT2D eigenvalue weighted by Gasteiger charge is 2.10. The third-order valence-corrected chi connectivity index (χ3v) is 2.65. The Hall–Kier alpha value is -2.70. The van der Waals surface area contributed by atoms with Crippen LogP contribution >= 0.6 is 0 Å². The summed E-state index contributed by atoms with van der Waals surface area (Å²) in [6.45, 7) is -3.13. The molecule has 7 heteroatoms. The predicted molar refractivity (Wildman–Crippen MR) is 76.6 cm³/mol. The summed E-state index contributed by atoms with van der Waals surface area (Å²) in [6, 6.07) is 11.4. The van der Waals surface area contributed by atoms with Crippen LogP contribution in [0.3, 0.4) is 0 Å². The molecule has 116 valence electrons. The average Bonchev–Trinajstić information content (AvgIpc) is 2.46. The molecular formula is C15H13F3N2O2. The molecule has 0 fully saturated rings. The number of ether oxygens (including phenoxy) is 1. The van der Waals surface area contributed by atoms with Gasteiger partial charge in [-0.1, -0.05) is 18.2 Å². The van der Waals surface area contributed by atoms with E-state index in [0.29, 0.717) is 5.69 Å². The van der Waals surface area contributed by atoms with E-state index in [2.05, 4.69) is 15.4 Å². The third-order valence-electron chi connectivity index (χ3n) is 2.65. The normalized spacial score (nSPS) is 10.4. The molecule has 0 saturated carbocycles. The molecule has 0 aliphatic rings. The lowest BCUT2D eigenvalue weighted by atomic mass is 10.3. The van der Waals surface area contributed by atoms with Gasteiger partial charge in [0.1, 0.15) is 11.6 Å². The Balaban J connectivity index is 1.94. The van der Waals surface area contributed by atoms with Gasteiger partial charge in [0.25, 0.3) is 0 Å². The Kier molecular flexibility index (Phi) is 5.24. The van der Waals surface area contributed by atoms with E-state index in [9.17, 15) is 18.0 Å². The van der Waals surface area contributed by atoms with E-state index in [1.54, 1.807) is 6.07 Å². The zero-order valence-corrected chi connectivity index (χ0v) is 11.4. The molecule has 0 aliphatic carbocycles. The smallest absolute Gasteiger partial charge is 0.387 e. The molecule has 0 heterocycles. The van der Waals surface area contributed by atoms with Crippen LogP contribution in [0.25, 0.3) is 0 Å². The summed E-state index contributed by atoms with van der Waals surface area (Å²) < 4.78 is 41.8. The number of alkyl halides is 2. The number of amides is 1. The van der Waals surface area contributed by atoms with Crippen molar-refractivity contribution in [2.24, 2.45) is 0 Å². The Bertz CT molecular complexity index is 650. The van der Waals surface area contributed by atoms with Crippen LogP contribution in [0.4, 0.5) is 24.5 Å². The highest BCUT2D eigenvalue weighted by molar-refractivity contribution is 5.93. The largest absolute Gasteiger partial charge is 0.433 e. The second kappa shape index (κ2) is 7.35. The monoisotopic (exact) mass is 310 g/mol. The molecule has 2 aromatic carbocycles. The Morgan fingerprint density at radius 3 is 2.64 bits per heavy atom. The number of para-hydroxylation sites is 2. The molecule has 0 saturated heterocycles. The highest BCUT2D eigenvalue weighted by atomic mass is 19.3. The lowest BCUT2D eigenvalue weighted by molar-refractivity contribution is -0.114. The third kappa shape index (κ3) is 4.69. The fourth-order valence-corrected chi connectivity index (χ4v) is 1.76. The van der Waals surface area contributed by atoms with Crippen LogP contribution in [-0.2, 0) is 4.79 Å². The van der Waals surface area contributed by atoms with Crippen LogP contribution in [0, 0.1) is 5.82 Å². The van der Waals surface area contributed by atoms with Gasteiger partial charge in [-0.2, -0.15) is 8.78 Å². The van der Waals surface area contributed by atoms with Gasteiger partial charge in [0.15, 0.2) is 0 Å². The molecule has 2 rings (SSSR count). The van der Waals surface area contributed by atoms with Crippen LogP contribution in [-0.4, -0.2) is 19.1 Å². The molecule has 0 bridgehead atoms. The molecule has 2 N–H and O–H groups in total. The van der Waals surface area contributed by atoms with E-state index < -0.39 is 18.3 Å². The van der Waals surface area contributed by atoms with Crippen molar-refractivity contribution in [1.29, 1.82) is 0 Å². The molecule has 4 nitrogen and oxygen atoms in total. The molecule has 1 amide bonds. The first-order valence-corrected chi connectivity index (χ1v) is 6.38. The zero-order valence-electron chi connectivity index (χ0n) is 11.4. The van der Waals surface area contributed by atoms with Crippen molar-refractivity contribution in [1.82, 2.24) is 0 Å². The number of benzene rings is 2. The molecule has 0 aliphatic heterocycles. The van der Waals surface area contributed by atoms with Crippen LogP contribution in [0.15, 0.2) is 48.5 Å². The van der Waals surface area contributed by atoms with Crippen LogP contribution in [0.1, 0.15) is 0 Å². The molecule has 0 unspecified atom stereocenters. The SMILES string of the molecule is O=C(CNc1ccccc1OC(F)F)Nc1cccc(F)c1. The summed E-state index contributed by atoms with van der Waals surface area (Å²) in [5, 5.41) is 5.17. The summed E-state index contributed by atoms with van der Waals surface area (Å²) in [5.74, 6) is -0.977. The molecule has 0 aromatic heterocycles.